The first-order valence-electron chi connectivity index (χ1n) is 13.0. The molecule has 1 atom stereocenters. The molecule has 2 aliphatic rings. The highest BCUT2D eigenvalue weighted by Gasteiger charge is 2.42. The van der Waals surface area contributed by atoms with Crippen LogP contribution in [-0.4, -0.2) is 26.4 Å². The summed E-state index contributed by atoms with van der Waals surface area (Å²) >= 11 is 0. The lowest BCUT2D eigenvalue weighted by Crippen LogP contribution is -2.46. The molecule has 1 N–H and O–H groups in total. The van der Waals surface area contributed by atoms with Gasteiger partial charge in [0.05, 0.1) is 28.5 Å². The van der Waals surface area contributed by atoms with E-state index in [0.29, 0.717) is 5.84 Å². The number of fused-ring (bicyclic) bond motifs is 4. The fourth-order valence-electron chi connectivity index (χ4n) is 5.25. The van der Waals surface area contributed by atoms with E-state index in [1.54, 1.807) is 0 Å². The predicted octanol–water partition coefficient (Wildman–Crippen LogP) is 6.99. The summed E-state index contributed by atoms with van der Waals surface area (Å²) < 4.78 is 1.94. The molecule has 2 aliphatic heterocycles. The molecule has 2 aromatic heterocycles. The summed E-state index contributed by atoms with van der Waals surface area (Å²) in [5.74, 6) is 2.19. The van der Waals surface area contributed by atoms with Crippen molar-refractivity contribution in [1.29, 1.82) is 0 Å². The Morgan fingerprint density at radius 3 is 2.21 bits per heavy atom. The summed E-state index contributed by atoms with van der Waals surface area (Å²) in [7, 11) is 0. The molecule has 0 amide bonds. The molecule has 5 aromatic rings. The van der Waals surface area contributed by atoms with E-state index in [1.165, 1.54) is 11.1 Å². The standard InChI is InChI=1S/C32H27N7/c1-20-11-15-23(16-12-20)34-30-32-36-31-28(22(3)37-39(31)24-17-13-21(2)14-18-24)29(26-9-6-7-19-33-26)38(32)27-10-5-4-8-25(27)35-30/h4-19,29H,1-3H3,(H,34,35). The molecule has 0 aliphatic carbocycles. The molecule has 7 nitrogen and oxygen atoms in total. The van der Waals surface area contributed by atoms with Gasteiger partial charge < -0.3 is 10.2 Å². The lowest BCUT2D eigenvalue weighted by molar-refractivity contribution is 0.785. The van der Waals surface area contributed by atoms with E-state index in [0.717, 1.165) is 51.4 Å². The number of benzene rings is 3. The van der Waals surface area contributed by atoms with Crippen LogP contribution < -0.4 is 10.2 Å². The van der Waals surface area contributed by atoms with Gasteiger partial charge in [-0.05, 0) is 69.3 Å². The molecular weight excluding hydrogens is 482 g/mol. The maximum atomic E-state index is 5.28. The number of rotatable bonds is 3. The number of aromatic nitrogens is 3. The zero-order valence-corrected chi connectivity index (χ0v) is 22.0. The Morgan fingerprint density at radius 1 is 0.744 bits per heavy atom. The lowest BCUT2D eigenvalue weighted by Gasteiger charge is -2.40. The zero-order valence-electron chi connectivity index (χ0n) is 22.0. The molecule has 190 valence electrons. The summed E-state index contributed by atoms with van der Waals surface area (Å²) in [4.78, 5) is 17.4. The minimum Gasteiger partial charge on any atom is -0.337 e. The number of pyridine rings is 1. The molecule has 3 aromatic carbocycles. The quantitative estimate of drug-likeness (QED) is 0.285. The van der Waals surface area contributed by atoms with Gasteiger partial charge in [-0.25, -0.2) is 14.7 Å². The minimum absolute atomic E-state index is 0.237. The van der Waals surface area contributed by atoms with E-state index in [1.807, 2.05) is 41.2 Å². The Kier molecular flexibility index (Phi) is 5.37. The highest BCUT2D eigenvalue weighted by molar-refractivity contribution is 6.51. The van der Waals surface area contributed by atoms with Gasteiger partial charge in [0, 0.05) is 17.4 Å². The third kappa shape index (κ3) is 3.90. The Labute approximate surface area is 227 Å². The fourth-order valence-corrected chi connectivity index (χ4v) is 5.25. The summed E-state index contributed by atoms with van der Waals surface area (Å²) in [6.45, 7) is 6.22. The highest BCUT2D eigenvalue weighted by atomic mass is 15.4. The van der Waals surface area contributed by atoms with Crippen molar-refractivity contribution in [3.8, 4) is 5.69 Å². The van der Waals surface area contributed by atoms with Crippen molar-refractivity contribution in [1.82, 2.24) is 14.8 Å². The number of hydrogen-bond acceptors (Lipinski definition) is 6. The number of para-hydroxylation sites is 2. The molecule has 4 heterocycles. The van der Waals surface area contributed by atoms with E-state index >= 15 is 0 Å². The second-order valence-electron chi connectivity index (χ2n) is 9.97. The zero-order chi connectivity index (χ0) is 26.5. The molecule has 7 heteroatoms. The number of anilines is 2. The van der Waals surface area contributed by atoms with Crippen LogP contribution in [0.3, 0.4) is 0 Å². The smallest absolute Gasteiger partial charge is 0.179 e. The monoisotopic (exact) mass is 509 g/mol. The molecule has 7 rings (SSSR count). The summed E-state index contributed by atoms with van der Waals surface area (Å²) in [6, 6.07) is 30.7. The number of hydrogen-bond donors (Lipinski definition) is 1. The third-order valence-corrected chi connectivity index (χ3v) is 7.20. The van der Waals surface area contributed by atoms with Crippen LogP contribution in [0.5, 0.6) is 0 Å². The maximum Gasteiger partial charge on any atom is 0.179 e. The van der Waals surface area contributed by atoms with Crippen LogP contribution in [0.2, 0.25) is 0 Å². The van der Waals surface area contributed by atoms with Crippen molar-refractivity contribution in [2.75, 3.05) is 10.2 Å². The Balaban J connectivity index is 1.49. The molecular formula is C32H27N7. The molecule has 0 fully saturated rings. The Morgan fingerprint density at radius 2 is 1.46 bits per heavy atom. The van der Waals surface area contributed by atoms with Crippen LogP contribution in [0, 0.1) is 20.8 Å². The summed E-state index contributed by atoms with van der Waals surface area (Å²) in [5.41, 5.74) is 9.03. The van der Waals surface area contributed by atoms with Crippen LogP contribution in [-0.2, 0) is 0 Å². The number of nitrogens with one attached hydrogen (secondary N) is 1. The van der Waals surface area contributed by atoms with Gasteiger partial charge >= 0.3 is 0 Å². The van der Waals surface area contributed by atoms with Crippen molar-refractivity contribution in [2.45, 2.75) is 26.8 Å². The minimum atomic E-state index is -0.237. The number of aliphatic imine (C=N–C) groups is 2. The first-order chi connectivity index (χ1) is 19.1. The van der Waals surface area contributed by atoms with E-state index in [4.69, 9.17) is 20.1 Å². The number of amidine groups is 2. The van der Waals surface area contributed by atoms with E-state index in [-0.39, 0.29) is 6.04 Å². The van der Waals surface area contributed by atoms with Gasteiger partial charge in [-0.2, -0.15) is 5.10 Å². The van der Waals surface area contributed by atoms with Crippen LogP contribution in [0.15, 0.2) is 107 Å². The largest absolute Gasteiger partial charge is 0.337 e. The molecule has 0 radical (unpaired) electrons. The van der Waals surface area contributed by atoms with Crippen LogP contribution in [0.25, 0.3) is 5.69 Å². The molecule has 0 saturated heterocycles. The average Bonchev–Trinajstić information content (AvgIpc) is 3.30. The van der Waals surface area contributed by atoms with Gasteiger partial charge in [0.2, 0.25) is 0 Å². The first kappa shape index (κ1) is 23.1. The van der Waals surface area contributed by atoms with Gasteiger partial charge in [-0.1, -0.05) is 53.6 Å². The summed E-state index contributed by atoms with van der Waals surface area (Å²) in [5, 5.41) is 8.55. The third-order valence-electron chi connectivity index (χ3n) is 7.20. The van der Waals surface area contributed by atoms with Crippen LogP contribution in [0.1, 0.15) is 34.1 Å². The average molecular weight is 510 g/mol. The molecule has 0 saturated carbocycles. The summed E-state index contributed by atoms with van der Waals surface area (Å²) in [6.07, 6.45) is 1.84. The SMILES string of the molecule is Cc1ccc(NC2=Nc3ccccc3N3C2=Nc2c(c(C)nn2-c2ccc(C)cc2)C3c2ccccn2)cc1. The van der Waals surface area contributed by atoms with Crippen molar-refractivity contribution in [2.24, 2.45) is 9.98 Å². The number of nitrogens with zero attached hydrogens (tertiary/aromatic N) is 6. The molecule has 1 unspecified atom stereocenters. The van der Waals surface area contributed by atoms with Crippen LogP contribution in [0.4, 0.5) is 22.9 Å². The lowest BCUT2D eigenvalue weighted by atomic mass is 9.96. The number of aryl methyl sites for hydroxylation is 3. The van der Waals surface area contributed by atoms with E-state index in [9.17, 15) is 0 Å². The fraction of sp³-hybridized carbons (Fsp3) is 0.125. The first-order valence-corrected chi connectivity index (χ1v) is 13.0. The van der Waals surface area contributed by atoms with E-state index < -0.39 is 0 Å². The second-order valence-corrected chi connectivity index (χ2v) is 9.97. The van der Waals surface area contributed by atoms with Crippen molar-refractivity contribution >= 4 is 34.6 Å². The van der Waals surface area contributed by atoms with Gasteiger partial charge in [0.1, 0.15) is 6.04 Å². The predicted molar refractivity (Wildman–Crippen MR) is 157 cm³/mol. The van der Waals surface area contributed by atoms with E-state index in [2.05, 4.69) is 91.7 Å². The Hall–Kier alpha value is -5.04. The van der Waals surface area contributed by atoms with Gasteiger partial charge in [0.15, 0.2) is 17.5 Å². The normalized spacial score (nSPS) is 15.6. The van der Waals surface area contributed by atoms with Crippen molar-refractivity contribution in [3.63, 3.8) is 0 Å². The molecule has 0 bridgehead atoms. The second kappa shape index (κ2) is 9.06. The maximum absolute atomic E-state index is 5.28. The topological polar surface area (TPSA) is 70.7 Å². The molecule has 0 spiro atoms. The van der Waals surface area contributed by atoms with Crippen molar-refractivity contribution in [3.05, 3.63) is 125 Å². The van der Waals surface area contributed by atoms with Crippen LogP contribution >= 0.6 is 0 Å². The highest BCUT2D eigenvalue weighted by Crippen LogP contribution is 2.47. The van der Waals surface area contributed by atoms with Gasteiger partial charge in [-0.15, -0.1) is 0 Å². The van der Waals surface area contributed by atoms with Gasteiger partial charge in [-0.3, -0.25) is 4.98 Å². The Bertz CT molecular complexity index is 1750. The van der Waals surface area contributed by atoms with Gasteiger partial charge in [0.25, 0.3) is 0 Å². The molecule has 39 heavy (non-hydrogen) atoms. The van der Waals surface area contributed by atoms with Crippen molar-refractivity contribution < 1.29 is 0 Å².